The minimum atomic E-state index is -0.489. The van der Waals surface area contributed by atoms with Crippen LogP contribution in [0.5, 0.6) is 0 Å². The van der Waals surface area contributed by atoms with E-state index < -0.39 is 6.67 Å². The summed E-state index contributed by atoms with van der Waals surface area (Å²) < 4.78 is 19.4. The van der Waals surface area contributed by atoms with Gasteiger partial charge in [0.2, 0.25) is 5.95 Å². The third-order valence-corrected chi connectivity index (χ3v) is 4.69. The van der Waals surface area contributed by atoms with E-state index in [0.29, 0.717) is 17.3 Å². The lowest BCUT2D eigenvalue weighted by Gasteiger charge is -2.17. The number of rotatable bonds is 7. The Balaban J connectivity index is 1.59. The van der Waals surface area contributed by atoms with Crippen LogP contribution in [0.25, 0.3) is 22.7 Å². The summed E-state index contributed by atoms with van der Waals surface area (Å²) in [4.78, 5) is 17.1. The molecule has 0 radical (unpaired) electrons. The molecule has 4 aromatic rings. The normalized spacial score (nSPS) is 12.4. The summed E-state index contributed by atoms with van der Waals surface area (Å²) in [6, 6.07) is 3.89. The number of nitrogens with two attached hydrogens (primary N) is 1. The van der Waals surface area contributed by atoms with Gasteiger partial charge in [-0.25, -0.2) is 14.4 Å². The summed E-state index contributed by atoms with van der Waals surface area (Å²) in [6.07, 6.45) is 8.35. The fraction of sp³-hybridized carbons (Fsp3) is 0.300. The van der Waals surface area contributed by atoms with Gasteiger partial charge in [-0.15, -0.1) is 0 Å². The molecule has 154 valence electrons. The number of hydrogen-bond donors (Lipinski definition) is 1. The molecule has 9 nitrogen and oxygen atoms in total. The predicted molar refractivity (Wildman–Crippen MR) is 108 cm³/mol. The molecule has 4 rings (SSSR count). The Kier molecular flexibility index (Phi) is 5.46. The van der Waals surface area contributed by atoms with E-state index in [0.717, 1.165) is 16.8 Å². The average Bonchev–Trinajstić information content (AvgIpc) is 3.39. The van der Waals surface area contributed by atoms with Crippen LogP contribution in [0.2, 0.25) is 0 Å². The molecule has 0 aliphatic heterocycles. The summed E-state index contributed by atoms with van der Waals surface area (Å²) in [5.41, 5.74) is 8.68. The minimum absolute atomic E-state index is 0.104. The van der Waals surface area contributed by atoms with E-state index in [1.54, 1.807) is 31.0 Å². The SMILES string of the molecule is CC(C)[C@H](c1ccc(-c2cnc(N)nc2)nc1)c1noc(-c2cnn(CCF)c2)n1. The number of aryl methyl sites for hydroxylation is 1. The fourth-order valence-electron chi connectivity index (χ4n) is 3.22. The molecule has 0 aromatic carbocycles. The Morgan fingerprint density at radius 3 is 2.53 bits per heavy atom. The van der Waals surface area contributed by atoms with Gasteiger partial charge in [0.05, 0.1) is 29.9 Å². The number of nitrogen functional groups attached to an aromatic ring is 1. The zero-order valence-corrected chi connectivity index (χ0v) is 16.6. The maximum atomic E-state index is 12.5. The van der Waals surface area contributed by atoms with Gasteiger partial charge in [0.15, 0.2) is 5.82 Å². The van der Waals surface area contributed by atoms with Gasteiger partial charge in [-0.1, -0.05) is 25.1 Å². The van der Waals surface area contributed by atoms with Gasteiger partial charge >= 0.3 is 0 Å². The molecule has 0 saturated carbocycles. The highest BCUT2D eigenvalue weighted by atomic mass is 19.1. The van der Waals surface area contributed by atoms with Crippen LogP contribution in [0.3, 0.4) is 0 Å². The maximum Gasteiger partial charge on any atom is 0.261 e. The molecule has 0 bridgehead atoms. The highest BCUT2D eigenvalue weighted by Gasteiger charge is 2.25. The molecule has 30 heavy (non-hydrogen) atoms. The average molecular weight is 408 g/mol. The molecule has 0 aliphatic carbocycles. The number of anilines is 1. The second-order valence-corrected chi connectivity index (χ2v) is 7.17. The number of halogens is 1. The summed E-state index contributed by atoms with van der Waals surface area (Å²) in [6.45, 7) is 3.87. The van der Waals surface area contributed by atoms with Crippen LogP contribution in [-0.2, 0) is 6.54 Å². The quantitative estimate of drug-likeness (QED) is 0.495. The maximum absolute atomic E-state index is 12.5. The molecule has 4 heterocycles. The van der Waals surface area contributed by atoms with Crippen LogP contribution in [0.15, 0.2) is 47.6 Å². The predicted octanol–water partition coefficient (Wildman–Crippen LogP) is 3.12. The molecule has 0 aliphatic rings. The Morgan fingerprint density at radius 2 is 1.87 bits per heavy atom. The first-order valence-corrected chi connectivity index (χ1v) is 9.51. The van der Waals surface area contributed by atoms with Gasteiger partial charge in [0, 0.05) is 30.4 Å². The Morgan fingerprint density at radius 1 is 1.07 bits per heavy atom. The molecule has 0 unspecified atom stereocenters. The van der Waals surface area contributed by atoms with E-state index in [-0.39, 0.29) is 24.3 Å². The zero-order valence-electron chi connectivity index (χ0n) is 16.6. The zero-order chi connectivity index (χ0) is 21.1. The monoisotopic (exact) mass is 408 g/mol. The number of hydrogen-bond acceptors (Lipinski definition) is 8. The van der Waals surface area contributed by atoms with Crippen molar-refractivity contribution in [2.24, 2.45) is 5.92 Å². The summed E-state index contributed by atoms with van der Waals surface area (Å²) >= 11 is 0. The third-order valence-electron chi connectivity index (χ3n) is 4.69. The number of nitrogens with zero attached hydrogens (tertiary/aromatic N) is 7. The van der Waals surface area contributed by atoms with Crippen LogP contribution in [0.1, 0.15) is 31.2 Å². The van der Waals surface area contributed by atoms with E-state index in [9.17, 15) is 4.39 Å². The summed E-state index contributed by atoms with van der Waals surface area (Å²) in [7, 11) is 0. The Labute approximate surface area is 172 Å². The molecule has 4 aromatic heterocycles. The molecule has 2 N–H and O–H groups in total. The van der Waals surface area contributed by atoms with Crippen molar-refractivity contribution in [3.63, 3.8) is 0 Å². The first kappa shape index (κ1) is 19.6. The summed E-state index contributed by atoms with van der Waals surface area (Å²) in [5, 5.41) is 8.27. The van der Waals surface area contributed by atoms with Crippen molar-refractivity contribution in [3.8, 4) is 22.7 Å². The van der Waals surface area contributed by atoms with Crippen molar-refractivity contribution >= 4 is 5.95 Å². The number of alkyl halides is 1. The Hall–Kier alpha value is -3.69. The lowest BCUT2D eigenvalue weighted by atomic mass is 9.88. The third kappa shape index (κ3) is 4.02. The van der Waals surface area contributed by atoms with E-state index >= 15 is 0 Å². The van der Waals surface area contributed by atoms with Gasteiger partial charge in [-0.05, 0) is 17.5 Å². The standard InChI is InChI=1S/C20H21FN8O/c1-12(2)17(13-3-4-16(23-7-13)14-8-24-20(22)25-9-14)18-27-19(30-28-18)15-10-26-29(11-15)6-5-21/h3-4,7-12,17H,5-6H2,1-2H3,(H2,22,24,25)/t17-/m1/s1. The van der Waals surface area contributed by atoms with E-state index in [1.165, 1.54) is 4.68 Å². The van der Waals surface area contributed by atoms with Crippen molar-refractivity contribution < 1.29 is 8.91 Å². The van der Waals surface area contributed by atoms with Crippen LogP contribution in [0, 0.1) is 5.92 Å². The van der Waals surface area contributed by atoms with Crippen LogP contribution < -0.4 is 5.73 Å². The lowest BCUT2D eigenvalue weighted by Crippen LogP contribution is -2.11. The van der Waals surface area contributed by atoms with Crippen molar-refractivity contribution in [2.75, 3.05) is 12.4 Å². The highest BCUT2D eigenvalue weighted by molar-refractivity contribution is 5.57. The van der Waals surface area contributed by atoms with E-state index in [1.807, 2.05) is 12.1 Å². The molecule has 1 atom stereocenters. The second kappa shape index (κ2) is 8.36. The Bertz CT molecular complexity index is 1100. The van der Waals surface area contributed by atoms with Gasteiger partial charge in [0.25, 0.3) is 5.89 Å². The molecular formula is C20H21FN8O. The number of pyridine rings is 1. The van der Waals surface area contributed by atoms with Crippen LogP contribution >= 0.6 is 0 Å². The highest BCUT2D eigenvalue weighted by Crippen LogP contribution is 2.32. The fourth-order valence-corrected chi connectivity index (χ4v) is 3.22. The van der Waals surface area contributed by atoms with E-state index in [2.05, 4.69) is 44.0 Å². The van der Waals surface area contributed by atoms with Crippen molar-refractivity contribution in [1.82, 2.24) is 34.9 Å². The first-order chi connectivity index (χ1) is 14.5. The second-order valence-electron chi connectivity index (χ2n) is 7.17. The molecular weight excluding hydrogens is 387 g/mol. The largest absolute Gasteiger partial charge is 0.368 e. The van der Waals surface area contributed by atoms with Gasteiger partial charge in [-0.2, -0.15) is 10.1 Å². The summed E-state index contributed by atoms with van der Waals surface area (Å²) in [5.74, 6) is 1.23. The topological polar surface area (TPSA) is 121 Å². The van der Waals surface area contributed by atoms with Crippen molar-refractivity contribution in [3.05, 3.63) is 54.5 Å². The molecule has 0 spiro atoms. The number of aromatic nitrogens is 7. The molecule has 0 amide bonds. The minimum Gasteiger partial charge on any atom is -0.368 e. The first-order valence-electron chi connectivity index (χ1n) is 9.51. The van der Waals surface area contributed by atoms with Crippen molar-refractivity contribution in [2.45, 2.75) is 26.3 Å². The van der Waals surface area contributed by atoms with Gasteiger partial charge in [0.1, 0.15) is 6.67 Å². The smallest absolute Gasteiger partial charge is 0.261 e. The lowest BCUT2D eigenvalue weighted by molar-refractivity contribution is 0.409. The molecule has 0 saturated heterocycles. The van der Waals surface area contributed by atoms with Crippen LogP contribution in [-0.4, -0.2) is 41.5 Å². The molecule has 0 fully saturated rings. The van der Waals surface area contributed by atoms with Gasteiger partial charge in [-0.3, -0.25) is 9.67 Å². The van der Waals surface area contributed by atoms with Crippen molar-refractivity contribution in [1.29, 1.82) is 0 Å². The van der Waals surface area contributed by atoms with Gasteiger partial charge < -0.3 is 10.3 Å². The van der Waals surface area contributed by atoms with E-state index in [4.69, 9.17) is 10.3 Å². The molecule has 10 heteroatoms. The van der Waals surface area contributed by atoms with Crippen LogP contribution in [0.4, 0.5) is 10.3 Å².